The maximum Gasteiger partial charge on any atom is 0.201 e. The average Bonchev–Trinajstić information content (AvgIpc) is 2.54. The van der Waals surface area contributed by atoms with Crippen molar-refractivity contribution in [3.63, 3.8) is 0 Å². The van der Waals surface area contributed by atoms with Crippen LogP contribution in [0.15, 0.2) is 82.0 Å². The van der Waals surface area contributed by atoms with Crippen LogP contribution in [0.25, 0.3) is 28.2 Å². The minimum absolute atomic E-state index is 0.0191. The second-order valence-corrected chi connectivity index (χ2v) is 5.21. The summed E-state index contributed by atoms with van der Waals surface area (Å²) < 4.78 is 5.95. The largest absolute Gasteiger partial charge is 0.456 e. The molecule has 0 aliphatic heterocycles. The molecule has 3 rings (SSSR count). The third kappa shape index (κ3) is 2.63. The first-order chi connectivity index (χ1) is 10.7. The van der Waals surface area contributed by atoms with E-state index in [9.17, 15) is 4.79 Å². The van der Waals surface area contributed by atoms with Crippen molar-refractivity contribution >= 4 is 17.0 Å². The lowest BCUT2D eigenvalue weighted by atomic mass is 10.0. The van der Waals surface area contributed by atoms with Crippen molar-refractivity contribution in [2.24, 2.45) is 0 Å². The SMILES string of the molecule is C=C(C)C=Cc1oc2ccccc2c(=O)c1-c1ccccc1. The maximum atomic E-state index is 12.9. The molecule has 2 nitrogen and oxygen atoms in total. The fourth-order valence-electron chi connectivity index (χ4n) is 2.37. The summed E-state index contributed by atoms with van der Waals surface area (Å²) in [4.78, 5) is 12.9. The first-order valence-corrected chi connectivity index (χ1v) is 7.11. The number of allylic oxidation sites excluding steroid dienone is 2. The number of para-hydroxylation sites is 1. The van der Waals surface area contributed by atoms with Gasteiger partial charge in [0.2, 0.25) is 5.43 Å². The number of hydrogen-bond acceptors (Lipinski definition) is 2. The molecule has 0 N–H and O–H groups in total. The van der Waals surface area contributed by atoms with Gasteiger partial charge in [0, 0.05) is 0 Å². The van der Waals surface area contributed by atoms with Crippen molar-refractivity contribution in [2.75, 3.05) is 0 Å². The lowest BCUT2D eigenvalue weighted by Crippen LogP contribution is -2.07. The van der Waals surface area contributed by atoms with Gasteiger partial charge in [0.25, 0.3) is 0 Å². The zero-order valence-electron chi connectivity index (χ0n) is 12.4. The average molecular weight is 288 g/mol. The summed E-state index contributed by atoms with van der Waals surface area (Å²) in [6, 6.07) is 16.9. The van der Waals surface area contributed by atoms with Crippen LogP contribution in [0, 0.1) is 0 Å². The van der Waals surface area contributed by atoms with Crippen LogP contribution < -0.4 is 5.43 Å². The van der Waals surface area contributed by atoms with E-state index >= 15 is 0 Å². The van der Waals surface area contributed by atoms with Crippen LogP contribution in [0.5, 0.6) is 0 Å². The zero-order chi connectivity index (χ0) is 15.5. The molecule has 0 amide bonds. The van der Waals surface area contributed by atoms with E-state index in [0.717, 1.165) is 11.1 Å². The summed E-state index contributed by atoms with van der Waals surface area (Å²) in [5.41, 5.74) is 2.90. The van der Waals surface area contributed by atoms with Crippen LogP contribution in [0.4, 0.5) is 0 Å². The normalized spacial score (nSPS) is 11.1. The second kappa shape index (κ2) is 5.86. The highest BCUT2D eigenvalue weighted by molar-refractivity contribution is 5.85. The Balaban J connectivity index is 2.36. The molecule has 0 aliphatic carbocycles. The predicted octanol–water partition coefficient (Wildman–Crippen LogP) is 5.05. The third-order valence-corrected chi connectivity index (χ3v) is 3.41. The first kappa shape index (κ1) is 14.1. The minimum Gasteiger partial charge on any atom is -0.456 e. The molecule has 0 aliphatic rings. The summed E-state index contributed by atoms with van der Waals surface area (Å²) in [6.45, 7) is 5.75. The fraction of sp³-hybridized carbons (Fsp3) is 0.0500. The number of hydrogen-bond donors (Lipinski definition) is 0. The Hall–Kier alpha value is -2.87. The third-order valence-electron chi connectivity index (χ3n) is 3.41. The molecule has 0 unspecified atom stereocenters. The van der Waals surface area contributed by atoms with Crippen LogP contribution in [0.3, 0.4) is 0 Å². The van der Waals surface area contributed by atoms with E-state index in [0.29, 0.717) is 22.3 Å². The standard InChI is InChI=1S/C20H16O2/c1-14(2)12-13-18-19(15-8-4-3-5-9-15)20(21)16-10-6-7-11-17(16)22-18/h3-13H,1H2,2H3. The molecule has 0 saturated carbocycles. The Morgan fingerprint density at radius 2 is 1.73 bits per heavy atom. The van der Waals surface area contributed by atoms with Crippen LogP contribution in [0.1, 0.15) is 12.7 Å². The Labute approximate surface area is 129 Å². The van der Waals surface area contributed by atoms with Crippen molar-refractivity contribution in [3.05, 3.63) is 88.8 Å². The van der Waals surface area contributed by atoms with E-state index in [1.165, 1.54) is 0 Å². The van der Waals surface area contributed by atoms with E-state index in [2.05, 4.69) is 6.58 Å². The topological polar surface area (TPSA) is 30.2 Å². The van der Waals surface area contributed by atoms with Crippen LogP contribution in [-0.4, -0.2) is 0 Å². The molecule has 0 radical (unpaired) electrons. The van der Waals surface area contributed by atoms with E-state index in [-0.39, 0.29) is 5.43 Å². The maximum absolute atomic E-state index is 12.9. The highest BCUT2D eigenvalue weighted by Gasteiger charge is 2.13. The van der Waals surface area contributed by atoms with Crippen molar-refractivity contribution in [3.8, 4) is 11.1 Å². The van der Waals surface area contributed by atoms with E-state index in [1.54, 1.807) is 12.1 Å². The summed E-state index contributed by atoms with van der Waals surface area (Å²) in [7, 11) is 0. The molecule has 1 aromatic heterocycles. The molecule has 3 aromatic rings. The van der Waals surface area contributed by atoms with E-state index < -0.39 is 0 Å². The first-order valence-electron chi connectivity index (χ1n) is 7.11. The molecule has 0 atom stereocenters. The van der Waals surface area contributed by atoms with Crippen LogP contribution in [-0.2, 0) is 0 Å². The number of benzene rings is 2. The summed E-state index contributed by atoms with van der Waals surface area (Å²) >= 11 is 0. The lowest BCUT2D eigenvalue weighted by molar-refractivity contribution is 0.593. The summed E-state index contributed by atoms with van der Waals surface area (Å²) in [6.07, 6.45) is 3.65. The monoisotopic (exact) mass is 288 g/mol. The van der Waals surface area contributed by atoms with Crippen LogP contribution in [0.2, 0.25) is 0 Å². The molecule has 22 heavy (non-hydrogen) atoms. The molecule has 108 valence electrons. The van der Waals surface area contributed by atoms with Crippen molar-refractivity contribution < 1.29 is 4.42 Å². The molecule has 1 heterocycles. The molecule has 0 fully saturated rings. The summed E-state index contributed by atoms with van der Waals surface area (Å²) in [5.74, 6) is 0.554. The molecular weight excluding hydrogens is 272 g/mol. The van der Waals surface area contributed by atoms with Gasteiger partial charge in [-0.15, -0.1) is 0 Å². The van der Waals surface area contributed by atoms with E-state index in [4.69, 9.17) is 4.42 Å². The molecular formula is C20H16O2. The Kier molecular flexibility index (Phi) is 3.75. The van der Waals surface area contributed by atoms with Crippen molar-refractivity contribution in [2.45, 2.75) is 6.92 Å². The van der Waals surface area contributed by atoms with Gasteiger partial charge in [-0.2, -0.15) is 0 Å². The number of rotatable bonds is 3. The number of fused-ring (bicyclic) bond motifs is 1. The Bertz CT molecular complexity index is 915. The lowest BCUT2D eigenvalue weighted by Gasteiger charge is -2.07. The molecule has 0 bridgehead atoms. The van der Waals surface area contributed by atoms with Gasteiger partial charge in [-0.3, -0.25) is 4.79 Å². The molecule has 0 saturated heterocycles. The molecule has 2 aromatic carbocycles. The molecule has 0 spiro atoms. The summed E-state index contributed by atoms with van der Waals surface area (Å²) in [5, 5.41) is 0.592. The second-order valence-electron chi connectivity index (χ2n) is 5.21. The van der Waals surface area contributed by atoms with Crippen molar-refractivity contribution in [1.29, 1.82) is 0 Å². The van der Waals surface area contributed by atoms with E-state index in [1.807, 2.05) is 61.5 Å². The van der Waals surface area contributed by atoms with Gasteiger partial charge in [-0.25, -0.2) is 0 Å². The zero-order valence-corrected chi connectivity index (χ0v) is 12.4. The quantitative estimate of drug-likeness (QED) is 0.631. The van der Waals surface area contributed by atoms with Gasteiger partial charge >= 0.3 is 0 Å². The Morgan fingerprint density at radius 1 is 1.05 bits per heavy atom. The van der Waals surface area contributed by atoms with Crippen LogP contribution >= 0.6 is 0 Å². The highest BCUT2D eigenvalue weighted by atomic mass is 16.3. The van der Waals surface area contributed by atoms with Gasteiger partial charge < -0.3 is 4.42 Å². The van der Waals surface area contributed by atoms with Gasteiger partial charge in [-0.1, -0.05) is 60.7 Å². The predicted molar refractivity (Wildman–Crippen MR) is 91.8 cm³/mol. The highest BCUT2D eigenvalue weighted by Crippen LogP contribution is 2.25. The fourth-order valence-corrected chi connectivity index (χ4v) is 2.37. The Morgan fingerprint density at radius 3 is 2.45 bits per heavy atom. The van der Waals surface area contributed by atoms with Gasteiger partial charge in [0.1, 0.15) is 11.3 Å². The smallest absolute Gasteiger partial charge is 0.201 e. The van der Waals surface area contributed by atoms with Gasteiger partial charge in [-0.05, 0) is 30.7 Å². The van der Waals surface area contributed by atoms with Gasteiger partial charge in [0.15, 0.2) is 0 Å². The minimum atomic E-state index is -0.0191. The van der Waals surface area contributed by atoms with Crippen molar-refractivity contribution in [1.82, 2.24) is 0 Å². The van der Waals surface area contributed by atoms with Gasteiger partial charge in [0.05, 0.1) is 10.9 Å². The molecule has 2 heteroatoms.